The molecule has 0 bridgehead atoms. The van der Waals surface area contributed by atoms with Gasteiger partial charge in [-0.05, 0) is 56.9 Å². The summed E-state index contributed by atoms with van der Waals surface area (Å²) < 4.78 is 47.0. The predicted molar refractivity (Wildman–Crippen MR) is 111 cm³/mol. The quantitative estimate of drug-likeness (QED) is 0.356. The molecule has 1 heterocycles. The Morgan fingerprint density at radius 3 is 2.14 bits per heavy atom. The van der Waals surface area contributed by atoms with Crippen molar-refractivity contribution >= 4 is 25.0 Å². The van der Waals surface area contributed by atoms with Gasteiger partial charge in [-0.3, -0.25) is 0 Å². The molecule has 0 saturated carbocycles. The van der Waals surface area contributed by atoms with E-state index in [0.29, 0.717) is 0 Å². The Hall–Kier alpha value is -2.51. The number of benzene rings is 2. The molecule has 8 heteroatoms. The first-order chi connectivity index (χ1) is 13.6. The second kappa shape index (κ2) is 9.81. The molecule has 0 aliphatic carbocycles. The first-order valence-corrected chi connectivity index (χ1v) is 9.56. The Bertz CT molecular complexity index is 839. The van der Waals surface area contributed by atoms with Crippen molar-refractivity contribution in [2.45, 2.75) is 33.6 Å². The number of halogens is 4. The van der Waals surface area contributed by atoms with Gasteiger partial charge < -0.3 is 22.0 Å². The van der Waals surface area contributed by atoms with E-state index < -0.39 is 7.25 Å². The second-order valence-corrected chi connectivity index (χ2v) is 7.12. The maximum atomic E-state index is 9.75. The van der Waals surface area contributed by atoms with Crippen molar-refractivity contribution in [2.24, 2.45) is 0 Å². The van der Waals surface area contributed by atoms with Crippen molar-refractivity contribution in [1.29, 1.82) is 0 Å². The smallest absolute Gasteiger partial charge is 0.492 e. The lowest BCUT2D eigenvalue weighted by Crippen LogP contribution is -2.26. The minimum absolute atomic E-state index is 0.924. The van der Waals surface area contributed by atoms with Gasteiger partial charge in [0.25, 0.3) is 0 Å². The number of nitrogens with zero attached hydrogens (tertiary/aromatic N) is 2. The SMILES string of the molecule is COc1ccccc1N1C=[N+](c2c(C)cc(C)cc2C)CCCC1.F[B-](F)(F)F. The van der Waals surface area contributed by atoms with E-state index in [1.807, 2.05) is 12.1 Å². The average Bonchev–Trinajstić information content (AvgIpc) is 2.85. The minimum Gasteiger partial charge on any atom is -0.492 e. The fourth-order valence-corrected chi connectivity index (χ4v) is 3.69. The Kier molecular flexibility index (Phi) is 7.70. The molecule has 0 radical (unpaired) electrons. The lowest BCUT2D eigenvalue weighted by Gasteiger charge is -2.16. The highest BCUT2D eigenvalue weighted by Crippen LogP contribution is 2.30. The molecule has 0 spiro atoms. The number of anilines is 1. The second-order valence-electron chi connectivity index (χ2n) is 7.12. The molecule has 0 amide bonds. The molecule has 0 aromatic heterocycles. The van der Waals surface area contributed by atoms with Gasteiger partial charge in [-0.2, -0.15) is 0 Å². The summed E-state index contributed by atoms with van der Waals surface area (Å²) in [7, 11) is -4.26. The summed E-state index contributed by atoms with van der Waals surface area (Å²) >= 11 is 0. The van der Waals surface area contributed by atoms with Gasteiger partial charge in [-0.25, -0.2) is 9.48 Å². The van der Waals surface area contributed by atoms with E-state index in [9.17, 15) is 17.3 Å². The summed E-state index contributed by atoms with van der Waals surface area (Å²) in [5.74, 6) is 0.924. The number of hydrogen-bond donors (Lipinski definition) is 0. The van der Waals surface area contributed by atoms with Crippen molar-refractivity contribution in [3.05, 3.63) is 53.1 Å². The van der Waals surface area contributed by atoms with Gasteiger partial charge in [-0.1, -0.05) is 29.8 Å². The van der Waals surface area contributed by atoms with Crippen LogP contribution in [0.5, 0.6) is 5.75 Å². The highest BCUT2D eigenvalue weighted by atomic mass is 19.5. The molecule has 0 saturated heterocycles. The zero-order valence-corrected chi connectivity index (χ0v) is 17.3. The van der Waals surface area contributed by atoms with Crippen LogP contribution >= 0.6 is 0 Å². The normalized spacial score (nSPS) is 14.5. The van der Waals surface area contributed by atoms with Crippen LogP contribution < -0.4 is 9.64 Å². The Morgan fingerprint density at radius 1 is 0.966 bits per heavy atom. The monoisotopic (exact) mass is 410 g/mol. The van der Waals surface area contributed by atoms with Gasteiger partial charge in [0, 0.05) is 0 Å². The highest BCUT2D eigenvalue weighted by molar-refractivity contribution is 6.50. The number of ether oxygens (including phenoxy) is 1. The highest BCUT2D eigenvalue weighted by Gasteiger charge is 2.23. The lowest BCUT2D eigenvalue weighted by molar-refractivity contribution is -0.437. The molecule has 0 fully saturated rings. The third-order valence-corrected chi connectivity index (χ3v) is 4.64. The first kappa shape index (κ1) is 22.8. The van der Waals surface area contributed by atoms with Crippen LogP contribution in [0.15, 0.2) is 36.4 Å². The van der Waals surface area contributed by atoms with E-state index in [1.165, 1.54) is 35.2 Å². The third-order valence-electron chi connectivity index (χ3n) is 4.64. The van der Waals surface area contributed by atoms with Crippen molar-refractivity contribution in [3.8, 4) is 5.75 Å². The number of para-hydroxylation sites is 2. The topological polar surface area (TPSA) is 15.5 Å². The summed E-state index contributed by atoms with van der Waals surface area (Å²) in [5, 5.41) is 0. The Morgan fingerprint density at radius 2 is 1.55 bits per heavy atom. The molecule has 3 rings (SSSR count). The molecular weight excluding hydrogens is 383 g/mol. The molecule has 1 aliphatic rings. The van der Waals surface area contributed by atoms with Gasteiger partial charge >= 0.3 is 7.25 Å². The zero-order valence-electron chi connectivity index (χ0n) is 17.3. The van der Waals surface area contributed by atoms with Crippen molar-refractivity contribution in [1.82, 2.24) is 0 Å². The van der Waals surface area contributed by atoms with E-state index in [1.54, 1.807) is 7.11 Å². The maximum Gasteiger partial charge on any atom is 0.673 e. The third kappa shape index (κ3) is 6.80. The number of methoxy groups -OCH3 is 1. The van der Waals surface area contributed by atoms with Crippen molar-refractivity contribution in [2.75, 3.05) is 25.1 Å². The molecule has 158 valence electrons. The van der Waals surface area contributed by atoms with Crippen molar-refractivity contribution < 1.29 is 26.6 Å². The first-order valence-electron chi connectivity index (χ1n) is 9.56. The van der Waals surface area contributed by atoms with Gasteiger partial charge in [0.1, 0.15) is 5.69 Å². The molecule has 29 heavy (non-hydrogen) atoms. The van der Waals surface area contributed by atoms with Crippen LogP contribution in [0.25, 0.3) is 0 Å². The van der Waals surface area contributed by atoms with Crippen LogP contribution in [0, 0.1) is 20.8 Å². The minimum atomic E-state index is -6.00. The van der Waals surface area contributed by atoms with E-state index >= 15 is 0 Å². The van der Waals surface area contributed by atoms with Gasteiger partial charge in [0.15, 0.2) is 11.4 Å². The van der Waals surface area contributed by atoms with Gasteiger partial charge in [0.05, 0.1) is 20.2 Å². The largest absolute Gasteiger partial charge is 0.673 e. The van der Waals surface area contributed by atoms with Gasteiger partial charge in [-0.15, -0.1) is 0 Å². The molecule has 0 atom stereocenters. The van der Waals surface area contributed by atoms with Crippen LogP contribution in [0.4, 0.5) is 28.6 Å². The van der Waals surface area contributed by atoms with E-state index in [-0.39, 0.29) is 0 Å². The summed E-state index contributed by atoms with van der Waals surface area (Å²) in [5.41, 5.74) is 6.47. The van der Waals surface area contributed by atoms with E-state index in [4.69, 9.17) is 4.74 Å². The molecule has 0 unspecified atom stereocenters. The molecular formula is C21H27BF4N2O. The van der Waals surface area contributed by atoms with Crippen molar-refractivity contribution in [3.63, 3.8) is 0 Å². The van der Waals surface area contributed by atoms with Gasteiger partial charge in [0.2, 0.25) is 6.34 Å². The average molecular weight is 410 g/mol. The lowest BCUT2D eigenvalue weighted by atomic mass is 10.0. The number of rotatable bonds is 3. The zero-order chi connectivity index (χ0) is 21.6. The fourth-order valence-electron chi connectivity index (χ4n) is 3.69. The molecule has 3 nitrogen and oxygen atoms in total. The van der Waals surface area contributed by atoms with Crippen LogP contribution in [0.2, 0.25) is 0 Å². The maximum absolute atomic E-state index is 9.75. The predicted octanol–water partition coefficient (Wildman–Crippen LogP) is 5.89. The summed E-state index contributed by atoms with van der Waals surface area (Å²) in [4.78, 5) is 2.32. The van der Waals surface area contributed by atoms with Crippen LogP contribution in [0.3, 0.4) is 0 Å². The number of hydrogen-bond acceptors (Lipinski definition) is 2. The molecule has 1 aliphatic heterocycles. The standard InChI is InChI=1S/C21H27N2O.BF4/c1-16-13-17(2)21(18(3)14-16)23-12-8-7-11-22(15-23)19-9-5-6-10-20(19)24-4;2-1(3,4)5/h5-6,9-10,13-15H,7-8,11-12H2,1-4H3;/q+1;-1. The van der Waals surface area contributed by atoms with E-state index in [2.05, 4.69) is 60.9 Å². The Labute approximate surface area is 169 Å². The fraction of sp³-hybridized carbons (Fsp3) is 0.381. The molecule has 2 aromatic rings. The van der Waals surface area contributed by atoms with Crippen LogP contribution in [-0.4, -0.2) is 38.4 Å². The van der Waals surface area contributed by atoms with E-state index in [0.717, 1.165) is 24.5 Å². The van der Waals surface area contributed by atoms with Crippen LogP contribution in [0.1, 0.15) is 29.5 Å². The Balaban J connectivity index is 0.000000537. The summed E-state index contributed by atoms with van der Waals surface area (Å²) in [6.07, 6.45) is 4.62. The molecule has 2 aromatic carbocycles. The summed E-state index contributed by atoms with van der Waals surface area (Å²) in [6.45, 7) is 8.65. The number of aryl methyl sites for hydroxylation is 3. The molecule has 0 N–H and O–H groups in total. The van der Waals surface area contributed by atoms with Crippen LogP contribution in [-0.2, 0) is 0 Å². The summed E-state index contributed by atoms with van der Waals surface area (Å²) in [6, 6.07) is 12.8.